The molecule has 0 spiro atoms. The third-order valence-corrected chi connectivity index (χ3v) is 6.79. The second-order valence-corrected chi connectivity index (χ2v) is 9.34. The van der Waals surface area contributed by atoms with Gasteiger partial charge in [-0.2, -0.15) is 9.40 Å². The quantitative estimate of drug-likeness (QED) is 0.224. The molecular weight excluding hydrogens is 533 g/mol. The molecule has 31 heavy (non-hydrogen) atoms. The highest BCUT2D eigenvalue weighted by atomic mass is 127. The van der Waals surface area contributed by atoms with Crippen LogP contribution in [0.2, 0.25) is 0 Å². The molecule has 0 unspecified atom stereocenters. The highest BCUT2D eigenvalue weighted by molar-refractivity contribution is 14.0. The van der Waals surface area contributed by atoms with Gasteiger partial charge in [0.15, 0.2) is 5.96 Å². The molecule has 0 bridgehead atoms. The van der Waals surface area contributed by atoms with Crippen molar-refractivity contribution >= 4 is 40.0 Å². The summed E-state index contributed by atoms with van der Waals surface area (Å²) in [6.07, 6.45) is 2.28. The molecule has 1 fully saturated rings. The van der Waals surface area contributed by atoms with Crippen molar-refractivity contribution in [3.05, 3.63) is 35.5 Å². The maximum Gasteiger partial charge on any atom is 0.220 e. The molecular formula is C19H32IN7O3S. The van der Waals surface area contributed by atoms with Gasteiger partial charge in [0.2, 0.25) is 10.0 Å². The van der Waals surface area contributed by atoms with Gasteiger partial charge in [0.25, 0.3) is 0 Å². The zero-order valence-corrected chi connectivity index (χ0v) is 21.5. The van der Waals surface area contributed by atoms with Gasteiger partial charge in [0.1, 0.15) is 12.0 Å². The highest BCUT2D eigenvalue weighted by Crippen LogP contribution is 2.13. The molecule has 0 saturated carbocycles. The first-order chi connectivity index (χ1) is 14.4. The average molecular weight is 565 g/mol. The Morgan fingerprint density at radius 3 is 2.58 bits per heavy atom. The Labute approximate surface area is 201 Å². The number of guanidine groups is 1. The van der Waals surface area contributed by atoms with Gasteiger partial charge < -0.3 is 14.7 Å². The van der Waals surface area contributed by atoms with Crippen LogP contribution in [0.15, 0.2) is 27.9 Å². The van der Waals surface area contributed by atoms with Gasteiger partial charge in [0, 0.05) is 57.6 Å². The molecule has 0 aromatic carbocycles. The molecule has 0 aliphatic carbocycles. The summed E-state index contributed by atoms with van der Waals surface area (Å²) in [6, 6.07) is 3.65. The largest absolute Gasteiger partial charge is 0.364 e. The lowest BCUT2D eigenvalue weighted by Gasteiger charge is -2.35. The number of aromatic nitrogens is 3. The maximum absolute atomic E-state index is 12.6. The van der Waals surface area contributed by atoms with E-state index in [2.05, 4.69) is 33.5 Å². The minimum atomic E-state index is -3.41. The number of rotatable bonds is 8. The van der Waals surface area contributed by atoms with Gasteiger partial charge in [-0.15, -0.1) is 24.0 Å². The fourth-order valence-electron chi connectivity index (χ4n) is 3.50. The Morgan fingerprint density at radius 2 is 2.00 bits per heavy atom. The third kappa shape index (κ3) is 7.17. The summed E-state index contributed by atoms with van der Waals surface area (Å²) in [4.78, 5) is 6.86. The zero-order chi connectivity index (χ0) is 21.6. The summed E-state index contributed by atoms with van der Waals surface area (Å²) in [7, 11) is -3.41. The number of aryl methyl sites for hydroxylation is 3. The number of hydrogen-bond acceptors (Lipinski definition) is 6. The van der Waals surface area contributed by atoms with E-state index in [1.807, 2.05) is 18.5 Å². The topological polar surface area (TPSA) is 109 Å². The van der Waals surface area contributed by atoms with E-state index in [4.69, 9.17) is 9.52 Å². The van der Waals surface area contributed by atoms with E-state index < -0.39 is 10.0 Å². The first-order valence-electron chi connectivity index (χ1n) is 10.3. The minimum Gasteiger partial charge on any atom is -0.364 e. The Balaban J connectivity index is 0.00000341. The predicted molar refractivity (Wildman–Crippen MR) is 130 cm³/mol. The molecule has 0 radical (unpaired) electrons. The van der Waals surface area contributed by atoms with Crippen molar-refractivity contribution in [2.24, 2.45) is 4.99 Å². The predicted octanol–water partition coefficient (Wildman–Crippen LogP) is 1.61. The van der Waals surface area contributed by atoms with E-state index in [1.165, 1.54) is 10.6 Å². The van der Waals surface area contributed by atoms with Gasteiger partial charge in [-0.1, -0.05) is 5.16 Å². The summed E-state index contributed by atoms with van der Waals surface area (Å²) in [6.45, 7) is 10.4. The fourth-order valence-corrected chi connectivity index (χ4v) is 4.93. The standard InChI is InChI=1S/C19H31N7O3S.HI/c1-4-20-19(21-7-5-8-26-17(3)14-16(2)22-26)24-9-11-25(12-10-24)30(27,28)15-18-6-13-29-23-18;/h6,13-14H,4-5,7-12,15H2,1-3H3,(H,20,21);1H. The zero-order valence-electron chi connectivity index (χ0n) is 18.3. The number of nitrogens with one attached hydrogen (secondary N) is 1. The van der Waals surface area contributed by atoms with Crippen molar-refractivity contribution in [1.29, 1.82) is 0 Å². The molecule has 0 atom stereocenters. The molecule has 1 aliphatic heterocycles. The van der Waals surface area contributed by atoms with Gasteiger partial charge in [0.05, 0.1) is 11.4 Å². The number of nitrogens with zero attached hydrogens (tertiary/aromatic N) is 6. The molecule has 3 rings (SSSR count). The van der Waals surface area contributed by atoms with Crippen LogP contribution in [0.3, 0.4) is 0 Å². The van der Waals surface area contributed by atoms with Crippen LogP contribution in [-0.4, -0.2) is 77.8 Å². The monoisotopic (exact) mass is 565 g/mol. The number of aliphatic imine (C=N–C) groups is 1. The second-order valence-electron chi connectivity index (χ2n) is 7.37. The number of sulfonamides is 1. The van der Waals surface area contributed by atoms with Crippen molar-refractivity contribution in [1.82, 2.24) is 29.5 Å². The number of halogens is 1. The second kappa shape index (κ2) is 11.8. The molecule has 10 nitrogen and oxygen atoms in total. The lowest BCUT2D eigenvalue weighted by molar-refractivity contribution is 0.259. The first kappa shape index (κ1) is 25.6. The summed E-state index contributed by atoms with van der Waals surface area (Å²) >= 11 is 0. The Hall–Kier alpha value is -1.67. The van der Waals surface area contributed by atoms with Crippen molar-refractivity contribution < 1.29 is 12.9 Å². The summed E-state index contributed by atoms with van der Waals surface area (Å²) in [5, 5.41) is 11.5. The normalized spacial score (nSPS) is 15.7. The lowest BCUT2D eigenvalue weighted by Crippen LogP contribution is -2.53. The Morgan fingerprint density at radius 1 is 1.26 bits per heavy atom. The van der Waals surface area contributed by atoms with Crippen LogP contribution >= 0.6 is 24.0 Å². The van der Waals surface area contributed by atoms with Crippen molar-refractivity contribution in [2.45, 2.75) is 39.5 Å². The molecule has 1 saturated heterocycles. The smallest absolute Gasteiger partial charge is 0.220 e. The van der Waals surface area contributed by atoms with E-state index in [1.54, 1.807) is 6.07 Å². The number of hydrogen-bond donors (Lipinski definition) is 1. The number of piperazine rings is 1. The van der Waals surface area contributed by atoms with Gasteiger partial charge in [-0.25, -0.2) is 8.42 Å². The van der Waals surface area contributed by atoms with Gasteiger partial charge in [-0.05, 0) is 33.3 Å². The highest BCUT2D eigenvalue weighted by Gasteiger charge is 2.28. The first-order valence-corrected chi connectivity index (χ1v) is 11.9. The van der Waals surface area contributed by atoms with Gasteiger partial charge >= 0.3 is 0 Å². The van der Waals surface area contributed by atoms with Crippen molar-refractivity contribution in [3.8, 4) is 0 Å². The lowest BCUT2D eigenvalue weighted by atomic mass is 10.3. The minimum absolute atomic E-state index is 0. The van der Waals surface area contributed by atoms with Crippen LogP contribution < -0.4 is 5.32 Å². The van der Waals surface area contributed by atoms with Crippen LogP contribution in [0.4, 0.5) is 0 Å². The van der Waals surface area contributed by atoms with Crippen LogP contribution in [-0.2, 0) is 22.3 Å². The summed E-state index contributed by atoms with van der Waals surface area (Å²) in [5.74, 6) is 0.698. The molecule has 2 aromatic rings. The van der Waals surface area contributed by atoms with Gasteiger partial charge in [-0.3, -0.25) is 9.67 Å². The maximum atomic E-state index is 12.6. The van der Waals surface area contributed by atoms with Crippen LogP contribution in [0, 0.1) is 13.8 Å². The SMILES string of the molecule is CCNC(=NCCCn1nc(C)cc1C)N1CCN(S(=O)(=O)Cc2ccon2)CC1.I. The van der Waals surface area contributed by atoms with E-state index >= 15 is 0 Å². The van der Waals surface area contributed by atoms with Crippen LogP contribution in [0.25, 0.3) is 0 Å². The fraction of sp³-hybridized carbons (Fsp3) is 0.632. The third-order valence-electron chi connectivity index (χ3n) is 4.98. The van der Waals surface area contributed by atoms with Crippen molar-refractivity contribution in [3.63, 3.8) is 0 Å². The van der Waals surface area contributed by atoms with E-state index in [0.29, 0.717) is 38.4 Å². The van der Waals surface area contributed by atoms with Crippen LogP contribution in [0.5, 0.6) is 0 Å². The van der Waals surface area contributed by atoms with E-state index in [-0.39, 0.29) is 29.7 Å². The molecule has 174 valence electrons. The molecule has 2 aromatic heterocycles. The summed E-state index contributed by atoms with van der Waals surface area (Å²) < 4.78 is 33.5. The Bertz CT molecular complexity index is 936. The summed E-state index contributed by atoms with van der Waals surface area (Å²) in [5.41, 5.74) is 2.61. The molecule has 0 amide bonds. The molecule has 3 heterocycles. The van der Waals surface area contributed by atoms with E-state index in [0.717, 1.165) is 36.9 Å². The van der Waals surface area contributed by atoms with E-state index in [9.17, 15) is 8.42 Å². The van der Waals surface area contributed by atoms with Crippen molar-refractivity contribution in [2.75, 3.05) is 39.3 Å². The molecule has 1 aliphatic rings. The average Bonchev–Trinajstić information content (AvgIpc) is 3.33. The Kier molecular flexibility index (Phi) is 9.75. The molecule has 1 N–H and O–H groups in total. The molecule has 12 heteroatoms. The van der Waals surface area contributed by atoms with Crippen LogP contribution in [0.1, 0.15) is 30.4 Å².